The maximum absolute atomic E-state index is 12.0. The number of hydrogen-bond donors (Lipinski definition) is 0. The molecule has 7 nitrogen and oxygen atoms in total. The van der Waals surface area contributed by atoms with Crippen LogP contribution in [0.25, 0.3) is 0 Å². The summed E-state index contributed by atoms with van der Waals surface area (Å²) in [5.74, 6) is 2.40. The van der Waals surface area contributed by atoms with Crippen molar-refractivity contribution in [3.8, 4) is 11.5 Å². The van der Waals surface area contributed by atoms with Crippen molar-refractivity contribution < 1.29 is 22.6 Å². The van der Waals surface area contributed by atoms with E-state index in [2.05, 4.69) is 4.99 Å². The number of sulfone groups is 1. The van der Waals surface area contributed by atoms with Gasteiger partial charge in [-0.15, -0.1) is 0 Å². The first kappa shape index (κ1) is 16.0. The Kier molecular flexibility index (Phi) is 4.09. The smallest absolute Gasteiger partial charge is 0.231 e. The number of ether oxygens (including phenoxy) is 3. The maximum atomic E-state index is 12.0. The van der Waals surface area contributed by atoms with E-state index in [1.165, 1.54) is 0 Å². The molecule has 1 fully saturated rings. The summed E-state index contributed by atoms with van der Waals surface area (Å²) < 4.78 is 39.9. The van der Waals surface area contributed by atoms with E-state index in [0.29, 0.717) is 18.1 Å². The largest absolute Gasteiger partial charge is 0.454 e. The minimum absolute atomic E-state index is 0.118. The Morgan fingerprint density at radius 2 is 2.17 bits per heavy atom. The molecule has 0 bridgehead atoms. The summed E-state index contributed by atoms with van der Waals surface area (Å²) in [6.45, 7) is 0.828. The predicted octanol–water partition coefficient (Wildman–Crippen LogP) is 1.14. The highest BCUT2D eigenvalue weighted by atomic mass is 32.2. The molecule has 0 saturated carbocycles. The fourth-order valence-electron chi connectivity index (χ4n) is 3.19. The molecular formula is C15H18N2O5S2. The number of methoxy groups -OCH3 is 1. The lowest BCUT2D eigenvalue weighted by molar-refractivity contribution is 0.174. The van der Waals surface area contributed by atoms with E-state index in [1.54, 1.807) is 18.9 Å². The van der Waals surface area contributed by atoms with Crippen LogP contribution in [0.1, 0.15) is 0 Å². The van der Waals surface area contributed by atoms with Gasteiger partial charge in [-0.1, -0.05) is 11.8 Å². The summed E-state index contributed by atoms with van der Waals surface area (Å²) in [6, 6.07) is 5.31. The molecule has 1 saturated heterocycles. The first-order chi connectivity index (χ1) is 11.6. The van der Waals surface area contributed by atoms with Crippen LogP contribution in [0.3, 0.4) is 0 Å². The molecule has 0 radical (unpaired) electrons. The van der Waals surface area contributed by atoms with Crippen LogP contribution in [0.5, 0.6) is 11.5 Å². The van der Waals surface area contributed by atoms with E-state index in [0.717, 1.165) is 16.6 Å². The highest BCUT2D eigenvalue weighted by Crippen LogP contribution is 2.40. The Morgan fingerprint density at radius 1 is 1.33 bits per heavy atom. The number of hydrogen-bond acceptors (Lipinski definition) is 8. The number of aliphatic imine (C=N–C) groups is 1. The average Bonchev–Trinajstić information content (AvgIpc) is 3.18. The zero-order valence-corrected chi connectivity index (χ0v) is 14.8. The third-order valence-corrected chi connectivity index (χ3v) is 6.89. The molecule has 0 aliphatic carbocycles. The zero-order valence-electron chi connectivity index (χ0n) is 13.2. The molecule has 1 aromatic carbocycles. The molecule has 0 amide bonds. The fourth-order valence-corrected chi connectivity index (χ4v) is 6.05. The van der Waals surface area contributed by atoms with Gasteiger partial charge in [0.15, 0.2) is 26.5 Å². The van der Waals surface area contributed by atoms with E-state index in [4.69, 9.17) is 14.2 Å². The minimum atomic E-state index is -3.05. The fraction of sp³-hybridized carbons (Fsp3) is 0.533. The van der Waals surface area contributed by atoms with Crippen LogP contribution in [-0.4, -0.2) is 63.4 Å². The van der Waals surface area contributed by atoms with E-state index >= 15 is 0 Å². The summed E-state index contributed by atoms with van der Waals surface area (Å²) in [5.41, 5.74) is 0.882. The Hall–Kier alpha value is -1.45. The topological polar surface area (TPSA) is 77.4 Å². The summed E-state index contributed by atoms with van der Waals surface area (Å²) in [6.07, 6.45) is 0. The van der Waals surface area contributed by atoms with Crippen LogP contribution < -0.4 is 14.4 Å². The van der Waals surface area contributed by atoms with Crippen molar-refractivity contribution in [2.24, 2.45) is 4.99 Å². The van der Waals surface area contributed by atoms with Crippen molar-refractivity contribution in [1.82, 2.24) is 0 Å². The second-order valence-corrected chi connectivity index (χ2v) is 9.09. The lowest BCUT2D eigenvalue weighted by atomic mass is 10.1. The standard InChI is InChI=1S/C15H18N2O5S2/c1-20-4-5-23-15-16-11-7-24(18,19)8-12(11)17(15)10-2-3-13-14(6-10)22-9-21-13/h2-3,6,11-12H,4-5,7-9H2,1H3/t11-,12+/m0/s1. The molecular weight excluding hydrogens is 352 g/mol. The molecule has 1 aromatic rings. The van der Waals surface area contributed by atoms with Crippen LogP contribution in [0, 0.1) is 0 Å². The van der Waals surface area contributed by atoms with Crippen molar-refractivity contribution >= 4 is 32.5 Å². The Labute approximate surface area is 144 Å². The van der Waals surface area contributed by atoms with Crippen molar-refractivity contribution in [2.45, 2.75) is 12.1 Å². The second-order valence-electron chi connectivity index (χ2n) is 5.87. The van der Waals surface area contributed by atoms with Crippen LogP contribution >= 0.6 is 11.8 Å². The van der Waals surface area contributed by atoms with E-state index in [-0.39, 0.29) is 30.4 Å². The molecule has 3 aliphatic heterocycles. The van der Waals surface area contributed by atoms with Crippen molar-refractivity contribution in [1.29, 1.82) is 0 Å². The zero-order chi connectivity index (χ0) is 16.7. The number of nitrogens with zero attached hydrogens (tertiary/aromatic N) is 2. The molecule has 130 valence electrons. The van der Waals surface area contributed by atoms with Gasteiger partial charge in [0.25, 0.3) is 0 Å². The van der Waals surface area contributed by atoms with Gasteiger partial charge in [-0.2, -0.15) is 0 Å². The molecule has 3 aliphatic rings. The van der Waals surface area contributed by atoms with Gasteiger partial charge in [0.05, 0.1) is 30.2 Å². The molecule has 24 heavy (non-hydrogen) atoms. The highest BCUT2D eigenvalue weighted by Gasteiger charge is 2.47. The molecule has 0 unspecified atom stereocenters. The Balaban J connectivity index is 1.65. The second kappa shape index (κ2) is 6.12. The van der Waals surface area contributed by atoms with Gasteiger partial charge in [0, 0.05) is 24.6 Å². The monoisotopic (exact) mass is 370 g/mol. The third kappa shape index (κ3) is 2.84. The quantitative estimate of drug-likeness (QED) is 0.736. The van der Waals surface area contributed by atoms with Crippen LogP contribution in [-0.2, 0) is 14.6 Å². The highest BCUT2D eigenvalue weighted by molar-refractivity contribution is 8.14. The van der Waals surface area contributed by atoms with Gasteiger partial charge in [-0.05, 0) is 12.1 Å². The van der Waals surface area contributed by atoms with Gasteiger partial charge < -0.3 is 19.1 Å². The summed E-state index contributed by atoms with van der Waals surface area (Å²) in [7, 11) is -1.38. The lowest BCUT2D eigenvalue weighted by Gasteiger charge is -2.26. The molecule has 9 heteroatoms. The summed E-state index contributed by atoms with van der Waals surface area (Å²) >= 11 is 1.59. The number of fused-ring (bicyclic) bond motifs is 2. The first-order valence-electron chi connectivity index (χ1n) is 7.66. The van der Waals surface area contributed by atoms with E-state index in [1.807, 2.05) is 23.1 Å². The first-order valence-corrected chi connectivity index (χ1v) is 10.5. The normalized spacial score (nSPS) is 26.5. The molecule has 4 rings (SSSR count). The number of rotatable bonds is 4. The van der Waals surface area contributed by atoms with Crippen LogP contribution in [0.2, 0.25) is 0 Å². The van der Waals surface area contributed by atoms with Gasteiger partial charge in [-0.3, -0.25) is 4.99 Å². The lowest BCUT2D eigenvalue weighted by Crippen LogP contribution is -2.39. The van der Waals surface area contributed by atoms with Gasteiger partial charge in [-0.25, -0.2) is 8.42 Å². The van der Waals surface area contributed by atoms with E-state index in [9.17, 15) is 8.42 Å². The maximum Gasteiger partial charge on any atom is 0.231 e. The molecule has 3 heterocycles. The van der Waals surface area contributed by atoms with Crippen molar-refractivity contribution in [3.63, 3.8) is 0 Å². The van der Waals surface area contributed by atoms with Crippen LogP contribution in [0.15, 0.2) is 23.2 Å². The van der Waals surface area contributed by atoms with Gasteiger partial charge in [0.1, 0.15) is 0 Å². The van der Waals surface area contributed by atoms with Gasteiger partial charge >= 0.3 is 0 Å². The molecule has 0 aromatic heterocycles. The molecule has 2 atom stereocenters. The molecule has 0 N–H and O–H groups in total. The van der Waals surface area contributed by atoms with Crippen molar-refractivity contribution in [2.75, 3.05) is 42.7 Å². The van der Waals surface area contributed by atoms with Crippen LogP contribution in [0.4, 0.5) is 5.69 Å². The average molecular weight is 370 g/mol. The van der Waals surface area contributed by atoms with Crippen molar-refractivity contribution in [3.05, 3.63) is 18.2 Å². The summed E-state index contributed by atoms with van der Waals surface area (Å²) in [4.78, 5) is 6.69. The predicted molar refractivity (Wildman–Crippen MR) is 93.0 cm³/mol. The Bertz CT molecular complexity index is 780. The number of thioether (sulfide) groups is 1. The Morgan fingerprint density at radius 3 is 3.00 bits per heavy atom. The van der Waals surface area contributed by atoms with E-state index < -0.39 is 9.84 Å². The number of anilines is 1. The molecule has 0 spiro atoms. The minimum Gasteiger partial charge on any atom is -0.454 e. The summed E-state index contributed by atoms with van der Waals surface area (Å²) in [5, 5.41) is 0.843. The number of amidine groups is 1. The third-order valence-electron chi connectivity index (χ3n) is 4.26. The van der Waals surface area contributed by atoms with Gasteiger partial charge in [0.2, 0.25) is 6.79 Å². The number of benzene rings is 1. The SMILES string of the molecule is COCCSC1=N[C@H]2CS(=O)(=O)C[C@H]2N1c1ccc2c(c1)OCO2.